The van der Waals surface area contributed by atoms with E-state index < -0.39 is 19.9 Å². The zero-order chi connectivity index (χ0) is 18.0. The number of thiophene rings is 1. The largest absolute Gasteiger partial charge is 0.243 e. The molecule has 1 heterocycles. The molecule has 0 bridgehead atoms. The molecule has 1 aromatic heterocycles. The van der Waals surface area contributed by atoms with Gasteiger partial charge in [0.1, 0.15) is 0 Å². The lowest BCUT2D eigenvalue weighted by Crippen LogP contribution is -2.31. The van der Waals surface area contributed by atoms with E-state index in [0.717, 1.165) is 11.1 Å². The summed E-state index contributed by atoms with van der Waals surface area (Å²) in [5, 5.41) is 1.88. The zero-order valence-corrected chi connectivity index (χ0v) is 15.9. The van der Waals surface area contributed by atoms with Gasteiger partial charge in [0.25, 0.3) is 0 Å². The minimum Gasteiger partial charge on any atom is -0.224 e. The number of hydrogen-bond donors (Lipinski definition) is 0. The fourth-order valence-electron chi connectivity index (χ4n) is 2.20. The second-order valence-corrected chi connectivity index (χ2v) is 10.3. The molecular weight excluding hydrogens is 366 g/mol. The lowest BCUT2D eigenvalue weighted by molar-refractivity contribution is 0.441. The van der Waals surface area contributed by atoms with E-state index in [1.165, 1.54) is 39.9 Å². The van der Waals surface area contributed by atoms with E-state index in [-0.39, 0.29) is 22.9 Å². The highest BCUT2D eigenvalue weighted by Crippen LogP contribution is 2.25. The Hall–Kier alpha value is -1.48. The molecule has 1 aromatic carbocycles. The average molecular weight is 386 g/mol. The molecule has 24 heavy (non-hydrogen) atoms. The molecule has 0 saturated carbocycles. The van der Waals surface area contributed by atoms with Crippen LogP contribution >= 0.6 is 11.3 Å². The van der Waals surface area contributed by atoms with Crippen molar-refractivity contribution < 1.29 is 16.8 Å². The van der Waals surface area contributed by atoms with Gasteiger partial charge in [-0.3, -0.25) is 0 Å². The van der Waals surface area contributed by atoms with Crippen LogP contribution in [0.1, 0.15) is 10.4 Å². The highest BCUT2D eigenvalue weighted by molar-refractivity contribution is 7.91. The number of sulfonamides is 1. The van der Waals surface area contributed by atoms with Crippen LogP contribution in [0.25, 0.3) is 0 Å². The Morgan fingerprint density at radius 2 is 1.92 bits per heavy atom. The molecule has 0 aliphatic carbocycles. The van der Waals surface area contributed by atoms with Crippen molar-refractivity contribution in [3.8, 4) is 0 Å². The van der Waals surface area contributed by atoms with Crippen molar-refractivity contribution in [3.05, 3.63) is 58.8 Å². The first-order valence-electron chi connectivity index (χ1n) is 7.10. The van der Waals surface area contributed by atoms with Crippen molar-refractivity contribution in [2.24, 2.45) is 0 Å². The maximum Gasteiger partial charge on any atom is 0.243 e. The van der Waals surface area contributed by atoms with Gasteiger partial charge >= 0.3 is 0 Å². The third-order valence-electron chi connectivity index (χ3n) is 3.45. The van der Waals surface area contributed by atoms with Gasteiger partial charge in [-0.05, 0) is 36.1 Å². The van der Waals surface area contributed by atoms with Crippen LogP contribution in [0.4, 0.5) is 0 Å². The van der Waals surface area contributed by atoms with Crippen LogP contribution in [0.15, 0.2) is 58.2 Å². The number of hydrogen-bond acceptors (Lipinski definition) is 5. The second-order valence-electron chi connectivity index (χ2n) is 5.37. The fourth-order valence-corrected chi connectivity index (χ4v) is 5.36. The number of nitrogens with zero attached hydrogens (tertiary/aromatic N) is 1. The van der Waals surface area contributed by atoms with Crippen molar-refractivity contribution in [2.75, 3.05) is 12.8 Å². The SMILES string of the molecule is C=CCN(Cc1cccs1)S(=O)(=O)c1cc(S(C)(=O)=O)ccc1C. The lowest BCUT2D eigenvalue weighted by Gasteiger charge is -2.21. The molecule has 0 aliphatic rings. The summed E-state index contributed by atoms with van der Waals surface area (Å²) in [6.07, 6.45) is 2.57. The maximum atomic E-state index is 13.0. The van der Waals surface area contributed by atoms with Gasteiger partial charge in [0.2, 0.25) is 10.0 Å². The molecule has 8 heteroatoms. The summed E-state index contributed by atoms with van der Waals surface area (Å²) in [4.78, 5) is 0.891. The summed E-state index contributed by atoms with van der Waals surface area (Å²) in [5.41, 5.74) is 0.502. The summed E-state index contributed by atoms with van der Waals surface area (Å²) >= 11 is 1.46. The van der Waals surface area contributed by atoms with Crippen molar-refractivity contribution >= 4 is 31.2 Å². The molecule has 2 rings (SSSR count). The van der Waals surface area contributed by atoms with Crippen molar-refractivity contribution in [1.29, 1.82) is 0 Å². The molecule has 0 fully saturated rings. The van der Waals surface area contributed by atoms with E-state index in [4.69, 9.17) is 0 Å². The van der Waals surface area contributed by atoms with E-state index in [1.807, 2.05) is 17.5 Å². The van der Waals surface area contributed by atoms with Crippen molar-refractivity contribution in [3.63, 3.8) is 0 Å². The first-order chi connectivity index (χ1) is 11.2. The van der Waals surface area contributed by atoms with Crippen molar-refractivity contribution in [1.82, 2.24) is 4.31 Å². The van der Waals surface area contributed by atoms with Gasteiger partial charge in [0, 0.05) is 24.2 Å². The van der Waals surface area contributed by atoms with Crippen LogP contribution in [0, 0.1) is 6.92 Å². The molecule has 0 spiro atoms. The number of benzene rings is 1. The zero-order valence-electron chi connectivity index (χ0n) is 13.5. The monoisotopic (exact) mass is 385 g/mol. The molecule has 0 aliphatic heterocycles. The topological polar surface area (TPSA) is 71.5 Å². The average Bonchev–Trinajstić information content (AvgIpc) is 2.99. The van der Waals surface area contributed by atoms with Gasteiger partial charge < -0.3 is 0 Å². The third kappa shape index (κ3) is 4.13. The highest BCUT2D eigenvalue weighted by Gasteiger charge is 2.27. The molecule has 0 unspecified atom stereocenters. The Morgan fingerprint density at radius 3 is 2.46 bits per heavy atom. The molecule has 5 nitrogen and oxygen atoms in total. The predicted octanol–water partition coefficient (Wildman–Crippen LogP) is 2.84. The fraction of sp³-hybridized carbons (Fsp3) is 0.250. The van der Waals surface area contributed by atoms with Gasteiger partial charge in [0.05, 0.1) is 9.79 Å². The van der Waals surface area contributed by atoms with E-state index in [1.54, 1.807) is 6.92 Å². The quantitative estimate of drug-likeness (QED) is 0.687. The normalized spacial score (nSPS) is 12.5. The minimum absolute atomic E-state index is 0.00355. The number of rotatable bonds is 7. The van der Waals surface area contributed by atoms with Gasteiger partial charge in [-0.15, -0.1) is 17.9 Å². The molecule has 0 saturated heterocycles. The third-order valence-corrected chi connectivity index (χ3v) is 7.38. The van der Waals surface area contributed by atoms with E-state index in [2.05, 4.69) is 6.58 Å². The van der Waals surface area contributed by atoms with Crippen LogP contribution in [0.5, 0.6) is 0 Å². The van der Waals surface area contributed by atoms with Gasteiger partial charge in [-0.2, -0.15) is 4.31 Å². The molecular formula is C16H19NO4S3. The number of aryl methyl sites for hydroxylation is 1. The first kappa shape index (κ1) is 18.9. The Morgan fingerprint density at radius 1 is 1.21 bits per heavy atom. The second kappa shape index (κ2) is 7.18. The smallest absolute Gasteiger partial charge is 0.224 e. The Kier molecular flexibility index (Phi) is 5.64. The highest BCUT2D eigenvalue weighted by atomic mass is 32.2. The van der Waals surface area contributed by atoms with Crippen LogP contribution < -0.4 is 0 Å². The standard InChI is InChI=1S/C16H19NO4S3/c1-4-9-17(12-14-6-5-10-22-14)24(20,21)16-11-15(23(3,18)19)8-7-13(16)2/h4-8,10-11H,1,9,12H2,2-3H3. The molecule has 0 amide bonds. The van der Waals surface area contributed by atoms with Crippen LogP contribution in [0.3, 0.4) is 0 Å². The molecule has 0 radical (unpaired) electrons. The Balaban J connectivity index is 2.52. The predicted molar refractivity (Wildman–Crippen MR) is 96.4 cm³/mol. The van der Waals surface area contributed by atoms with Gasteiger partial charge in [-0.25, -0.2) is 16.8 Å². The molecule has 130 valence electrons. The van der Waals surface area contributed by atoms with E-state index in [0.29, 0.717) is 5.56 Å². The van der Waals surface area contributed by atoms with E-state index in [9.17, 15) is 16.8 Å². The Bertz CT molecular complexity index is 930. The molecule has 0 atom stereocenters. The maximum absolute atomic E-state index is 13.0. The van der Waals surface area contributed by atoms with Gasteiger partial charge in [-0.1, -0.05) is 18.2 Å². The van der Waals surface area contributed by atoms with Gasteiger partial charge in [0.15, 0.2) is 9.84 Å². The summed E-state index contributed by atoms with van der Waals surface area (Å²) < 4.78 is 50.9. The molecule has 0 N–H and O–H groups in total. The van der Waals surface area contributed by atoms with Crippen LogP contribution in [-0.4, -0.2) is 33.9 Å². The summed E-state index contributed by atoms with van der Waals surface area (Å²) in [5.74, 6) is 0. The van der Waals surface area contributed by atoms with Crippen molar-refractivity contribution in [2.45, 2.75) is 23.3 Å². The lowest BCUT2D eigenvalue weighted by atomic mass is 10.2. The summed E-state index contributed by atoms with van der Waals surface area (Å²) in [6.45, 7) is 5.63. The number of sulfone groups is 1. The summed E-state index contributed by atoms with van der Waals surface area (Å²) in [6, 6.07) is 7.87. The first-order valence-corrected chi connectivity index (χ1v) is 11.3. The minimum atomic E-state index is -3.85. The van der Waals surface area contributed by atoms with E-state index >= 15 is 0 Å². The molecule has 2 aromatic rings. The summed E-state index contributed by atoms with van der Waals surface area (Å²) in [7, 11) is -7.34. The van der Waals surface area contributed by atoms with Crippen LogP contribution in [0.2, 0.25) is 0 Å². The Labute approximate surface area is 147 Å². The van der Waals surface area contributed by atoms with Crippen LogP contribution in [-0.2, 0) is 26.4 Å².